The molecule has 1 aromatic carbocycles. The molecule has 2 rings (SSSR count). The summed E-state index contributed by atoms with van der Waals surface area (Å²) >= 11 is 0. The Morgan fingerprint density at radius 1 is 1.37 bits per heavy atom. The Kier molecular flexibility index (Phi) is 4.27. The average Bonchev–Trinajstić information content (AvgIpc) is 3.17. The van der Waals surface area contributed by atoms with Gasteiger partial charge < -0.3 is 5.32 Å². The molecule has 1 saturated carbocycles. The van der Waals surface area contributed by atoms with Crippen LogP contribution in [0.5, 0.6) is 0 Å². The number of nitriles is 1. The monoisotopic (exact) mass is 256 g/mol. The zero-order valence-electron chi connectivity index (χ0n) is 12.3. The first kappa shape index (κ1) is 14.1. The van der Waals surface area contributed by atoms with Gasteiger partial charge in [-0.3, -0.25) is 0 Å². The lowest BCUT2D eigenvalue weighted by atomic mass is 9.96. The van der Waals surface area contributed by atoms with E-state index in [-0.39, 0.29) is 5.41 Å². The first-order valence-corrected chi connectivity index (χ1v) is 7.28. The summed E-state index contributed by atoms with van der Waals surface area (Å²) in [5.74, 6) is 0.584. The summed E-state index contributed by atoms with van der Waals surface area (Å²) in [6.45, 7) is 8.46. The third kappa shape index (κ3) is 3.58. The molecule has 0 amide bonds. The van der Waals surface area contributed by atoms with E-state index in [2.05, 4.69) is 50.4 Å². The highest BCUT2D eigenvalue weighted by atomic mass is 14.9. The van der Waals surface area contributed by atoms with E-state index in [1.165, 1.54) is 16.7 Å². The van der Waals surface area contributed by atoms with Crippen LogP contribution in [-0.4, -0.2) is 13.1 Å². The van der Waals surface area contributed by atoms with Gasteiger partial charge in [-0.1, -0.05) is 32.0 Å². The zero-order chi connectivity index (χ0) is 13.9. The van der Waals surface area contributed by atoms with E-state index < -0.39 is 0 Å². The van der Waals surface area contributed by atoms with Crippen molar-refractivity contribution in [3.63, 3.8) is 0 Å². The molecule has 0 radical (unpaired) electrons. The smallest absolute Gasteiger partial charge is 0.0703 e. The molecule has 0 heterocycles. The predicted molar refractivity (Wildman–Crippen MR) is 79.1 cm³/mol. The van der Waals surface area contributed by atoms with Gasteiger partial charge in [0.25, 0.3) is 0 Å². The molecule has 1 N–H and O–H groups in total. The summed E-state index contributed by atoms with van der Waals surface area (Å²) in [4.78, 5) is 0. The Hall–Kier alpha value is -1.33. The van der Waals surface area contributed by atoms with E-state index in [9.17, 15) is 0 Å². The lowest BCUT2D eigenvalue weighted by Crippen LogP contribution is -2.25. The Morgan fingerprint density at radius 2 is 2.11 bits per heavy atom. The van der Waals surface area contributed by atoms with Gasteiger partial charge in [-0.2, -0.15) is 5.26 Å². The summed E-state index contributed by atoms with van der Waals surface area (Å²) < 4.78 is 0. The topological polar surface area (TPSA) is 35.8 Å². The van der Waals surface area contributed by atoms with Crippen molar-refractivity contribution in [3.05, 3.63) is 34.9 Å². The second-order valence-corrected chi connectivity index (χ2v) is 6.16. The van der Waals surface area contributed by atoms with Crippen molar-refractivity contribution >= 4 is 0 Å². The molecule has 1 aliphatic rings. The summed E-state index contributed by atoms with van der Waals surface area (Å²) in [6, 6.07) is 9.21. The number of nitrogens with zero attached hydrogens (tertiary/aromatic N) is 1. The van der Waals surface area contributed by atoms with Crippen molar-refractivity contribution in [1.82, 2.24) is 5.32 Å². The van der Waals surface area contributed by atoms with Crippen molar-refractivity contribution in [1.29, 1.82) is 5.26 Å². The molecule has 0 aliphatic heterocycles. The van der Waals surface area contributed by atoms with Crippen molar-refractivity contribution in [3.8, 4) is 6.07 Å². The van der Waals surface area contributed by atoms with Crippen molar-refractivity contribution in [2.75, 3.05) is 13.1 Å². The van der Waals surface area contributed by atoms with Crippen LogP contribution in [0.25, 0.3) is 0 Å². The minimum atomic E-state index is -0.0329. The van der Waals surface area contributed by atoms with E-state index in [0.29, 0.717) is 5.92 Å². The Labute approximate surface area is 116 Å². The molecular formula is C17H24N2. The zero-order valence-corrected chi connectivity index (χ0v) is 12.3. The van der Waals surface area contributed by atoms with Crippen LogP contribution in [0.4, 0.5) is 0 Å². The number of hydrogen-bond acceptors (Lipinski definition) is 2. The average molecular weight is 256 g/mol. The lowest BCUT2D eigenvalue weighted by molar-refractivity contribution is 0.559. The molecule has 1 fully saturated rings. The Bertz CT molecular complexity index is 479. The minimum absolute atomic E-state index is 0.0329. The SMILES string of the molecule is Cc1ccc(C(C)C)cc1CCNCC1(C#N)CC1. The normalized spacial score (nSPS) is 16.4. The van der Waals surface area contributed by atoms with Gasteiger partial charge in [0, 0.05) is 6.54 Å². The van der Waals surface area contributed by atoms with Crippen LogP contribution in [0.2, 0.25) is 0 Å². The van der Waals surface area contributed by atoms with Crippen LogP contribution in [-0.2, 0) is 6.42 Å². The third-order valence-corrected chi connectivity index (χ3v) is 4.17. The maximum absolute atomic E-state index is 9.02. The first-order chi connectivity index (χ1) is 9.06. The highest BCUT2D eigenvalue weighted by Crippen LogP contribution is 2.43. The molecule has 0 bridgehead atoms. The third-order valence-electron chi connectivity index (χ3n) is 4.17. The molecule has 102 valence electrons. The van der Waals surface area contributed by atoms with Gasteiger partial charge in [0.2, 0.25) is 0 Å². The summed E-state index contributed by atoms with van der Waals surface area (Å²) in [7, 11) is 0. The van der Waals surface area contributed by atoms with Gasteiger partial charge in [-0.05, 0) is 55.3 Å². The second-order valence-electron chi connectivity index (χ2n) is 6.16. The van der Waals surface area contributed by atoms with Crippen molar-refractivity contribution < 1.29 is 0 Å². The molecule has 0 unspecified atom stereocenters. The maximum Gasteiger partial charge on any atom is 0.0703 e. The van der Waals surface area contributed by atoms with Crippen LogP contribution in [0, 0.1) is 23.7 Å². The highest BCUT2D eigenvalue weighted by Gasteiger charge is 2.42. The van der Waals surface area contributed by atoms with E-state index in [0.717, 1.165) is 32.4 Å². The van der Waals surface area contributed by atoms with E-state index in [1.807, 2.05) is 0 Å². The Morgan fingerprint density at radius 3 is 2.68 bits per heavy atom. The quantitative estimate of drug-likeness (QED) is 0.790. The maximum atomic E-state index is 9.02. The molecule has 1 aliphatic carbocycles. The molecular weight excluding hydrogens is 232 g/mol. The van der Waals surface area contributed by atoms with E-state index in [4.69, 9.17) is 5.26 Å². The van der Waals surface area contributed by atoms with Crippen molar-refractivity contribution in [2.24, 2.45) is 5.41 Å². The molecule has 19 heavy (non-hydrogen) atoms. The predicted octanol–water partition coefficient (Wildman–Crippen LogP) is 3.55. The number of aryl methyl sites for hydroxylation is 1. The molecule has 0 saturated heterocycles. The van der Waals surface area contributed by atoms with Crippen molar-refractivity contribution in [2.45, 2.75) is 46.0 Å². The fourth-order valence-corrected chi connectivity index (χ4v) is 2.35. The molecule has 1 aromatic rings. The summed E-state index contributed by atoms with van der Waals surface area (Å²) in [5.41, 5.74) is 4.18. The van der Waals surface area contributed by atoms with Crippen LogP contribution in [0.1, 0.15) is 49.3 Å². The number of hydrogen-bond donors (Lipinski definition) is 1. The molecule has 2 heteroatoms. The van der Waals surface area contributed by atoms with Crippen LogP contribution in [0.3, 0.4) is 0 Å². The van der Waals surface area contributed by atoms with Gasteiger partial charge in [0.15, 0.2) is 0 Å². The lowest BCUT2D eigenvalue weighted by Gasteiger charge is -2.12. The Balaban J connectivity index is 1.85. The largest absolute Gasteiger partial charge is 0.315 e. The van der Waals surface area contributed by atoms with E-state index in [1.54, 1.807) is 0 Å². The van der Waals surface area contributed by atoms with Gasteiger partial charge in [-0.25, -0.2) is 0 Å². The first-order valence-electron chi connectivity index (χ1n) is 7.28. The number of nitrogens with one attached hydrogen (secondary N) is 1. The van der Waals surface area contributed by atoms with Gasteiger partial charge in [0.05, 0.1) is 11.5 Å². The van der Waals surface area contributed by atoms with E-state index >= 15 is 0 Å². The van der Waals surface area contributed by atoms with Crippen LogP contribution >= 0.6 is 0 Å². The van der Waals surface area contributed by atoms with Crippen LogP contribution in [0.15, 0.2) is 18.2 Å². The fourth-order valence-electron chi connectivity index (χ4n) is 2.35. The molecule has 0 atom stereocenters. The second kappa shape index (κ2) is 5.75. The number of benzene rings is 1. The molecule has 0 aromatic heterocycles. The van der Waals surface area contributed by atoms with Crippen LogP contribution < -0.4 is 5.32 Å². The molecule has 2 nitrogen and oxygen atoms in total. The van der Waals surface area contributed by atoms with Gasteiger partial charge in [-0.15, -0.1) is 0 Å². The molecule has 0 spiro atoms. The summed E-state index contributed by atoms with van der Waals surface area (Å²) in [6.07, 6.45) is 3.19. The highest BCUT2D eigenvalue weighted by molar-refractivity contribution is 5.32. The summed E-state index contributed by atoms with van der Waals surface area (Å²) in [5, 5.41) is 12.5. The minimum Gasteiger partial charge on any atom is -0.315 e. The fraction of sp³-hybridized carbons (Fsp3) is 0.588. The number of rotatable bonds is 6. The van der Waals surface area contributed by atoms with Gasteiger partial charge >= 0.3 is 0 Å². The standard InChI is InChI=1S/C17H24N2/c1-13(2)15-5-4-14(3)16(10-15)6-9-19-12-17(11-18)7-8-17/h4-5,10,13,19H,6-9,12H2,1-3H3. The van der Waals surface area contributed by atoms with Gasteiger partial charge in [0.1, 0.15) is 0 Å².